The summed E-state index contributed by atoms with van der Waals surface area (Å²) in [5.74, 6) is 0.166. The van der Waals surface area contributed by atoms with Crippen molar-refractivity contribution in [2.75, 3.05) is 0 Å². The van der Waals surface area contributed by atoms with E-state index in [0.717, 1.165) is 19.3 Å². The standard InChI is InChI=1S/C15H29N3O/c1-5-15(3,4)17-14(19)10(2)18-12-6-7-13(18)9-11(16)8-12/h10-13H,5-9,16H2,1-4H3,(H,17,19). The molecule has 0 aromatic carbocycles. The van der Waals surface area contributed by atoms with Gasteiger partial charge < -0.3 is 11.1 Å². The van der Waals surface area contributed by atoms with E-state index in [-0.39, 0.29) is 17.5 Å². The van der Waals surface area contributed by atoms with Crippen LogP contribution in [0.5, 0.6) is 0 Å². The summed E-state index contributed by atoms with van der Waals surface area (Å²) in [6.45, 7) is 8.31. The third kappa shape index (κ3) is 3.11. The fourth-order valence-electron chi connectivity index (χ4n) is 3.55. The van der Waals surface area contributed by atoms with E-state index in [4.69, 9.17) is 5.73 Å². The average molecular weight is 267 g/mol. The largest absolute Gasteiger partial charge is 0.350 e. The lowest BCUT2D eigenvalue weighted by molar-refractivity contribution is -0.129. The minimum Gasteiger partial charge on any atom is -0.350 e. The van der Waals surface area contributed by atoms with Gasteiger partial charge >= 0.3 is 0 Å². The van der Waals surface area contributed by atoms with Crippen LogP contribution in [0, 0.1) is 0 Å². The highest BCUT2D eigenvalue weighted by molar-refractivity contribution is 5.82. The van der Waals surface area contributed by atoms with Crippen LogP contribution in [0.3, 0.4) is 0 Å². The Balaban J connectivity index is 2.00. The molecule has 4 heteroatoms. The maximum Gasteiger partial charge on any atom is 0.237 e. The second kappa shape index (κ2) is 5.41. The Morgan fingerprint density at radius 3 is 2.37 bits per heavy atom. The van der Waals surface area contributed by atoms with Crippen molar-refractivity contribution < 1.29 is 4.79 Å². The Bertz CT molecular complexity index is 328. The van der Waals surface area contributed by atoms with E-state index in [1.54, 1.807) is 0 Å². The monoisotopic (exact) mass is 267 g/mol. The molecule has 0 saturated carbocycles. The molecule has 2 aliphatic rings. The molecule has 0 spiro atoms. The molecule has 2 bridgehead atoms. The zero-order valence-electron chi connectivity index (χ0n) is 12.8. The number of carbonyl (C=O) groups excluding carboxylic acids is 1. The maximum atomic E-state index is 12.4. The molecule has 2 fully saturated rings. The summed E-state index contributed by atoms with van der Waals surface area (Å²) >= 11 is 0. The van der Waals surface area contributed by atoms with Crippen molar-refractivity contribution in [3.8, 4) is 0 Å². The number of carbonyl (C=O) groups is 1. The summed E-state index contributed by atoms with van der Waals surface area (Å²) in [5, 5.41) is 3.17. The van der Waals surface area contributed by atoms with Crippen molar-refractivity contribution >= 4 is 5.91 Å². The van der Waals surface area contributed by atoms with E-state index >= 15 is 0 Å². The van der Waals surface area contributed by atoms with Crippen molar-refractivity contribution in [3.05, 3.63) is 0 Å². The van der Waals surface area contributed by atoms with Gasteiger partial charge in [0.1, 0.15) is 0 Å². The molecule has 0 aromatic rings. The number of hydrogen-bond acceptors (Lipinski definition) is 3. The van der Waals surface area contributed by atoms with Gasteiger partial charge in [0.25, 0.3) is 0 Å². The molecular formula is C15H29N3O. The summed E-state index contributed by atoms with van der Waals surface area (Å²) in [7, 11) is 0. The first-order valence-corrected chi connectivity index (χ1v) is 7.69. The second-order valence-corrected chi connectivity index (χ2v) is 6.97. The van der Waals surface area contributed by atoms with Crippen molar-refractivity contribution in [2.24, 2.45) is 5.73 Å². The van der Waals surface area contributed by atoms with Gasteiger partial charge in [0.2, 0.25) is 5.91 Å². The van der Waals surface area contributed by atoms with Crippen LogP contribution in [-0.2, 0) is 4.79 Å². The molecule has 3 unspecified atom stereocenters. The predicted octanol–water partition coefficient (Wildman–Crippen LogP) is 1.63. The van der Waals surface area contributed by atoms with Gasteiger partial charge in [-0.15, -0.1) is 0 Å². The number of rotatable bonds is 4. The smallest absolute Gasteiger partial charge is 0.237 e. The highest BCUT2D eigenvalue weighted by Gasteiger charge is 2.43. The minimum atomic E-state index is -0.115. The van der Waals surface area contributed by atoms with Crippen LogP contribution in [0.4, 0.5) is 0 Å². The van der Waals surface area contributed by atoms with Crippen LogP contribution in [-0.4, -0.2) is 40.5 Å². The van der Waals surface area contributed by atoms with E-state index in [2.05, 4.69) is 31.0 Å². The Kier molecular flexibility index (Phi) is 4.21. The number of amides is 1. The van der Waals surface area contributed by atoms with E-state index in [0.29, 0.717) is 18.1 Å². The first kappa shape index (κ1) is 14.8. The molecule has 3 N–H and O–H groups in total. The van der Waals surface area contributed by atoms with E-state index < -0.39 is 0 Å². The second-order valence-electron chi connectivity index (χ2n) is 6.97. The first-order valence-electron chi connectivity index (χ1n) is 7.69. The Labute approximate surface area is 117 Å². The summed E-state index contributed by atoms with van der Waals surface area (Å²) in [4.78, 5) is 14.9. The lowest BCUT2D eigenvalue weighted by Crippen LogP contribution is -2.58. The molecule has 2 aliphatic heterocycles. The summed E-state index contributed by atoms with van der Waals surface area (Å²) in [6, 6.07) is 1.32. The molecule has 2 saturated heterocycles. The van der Waals surface area contributed by atoms with Crippen molar-refractivity contribution in [3.63, 3.8) is 0 Å². The predicted molar refractivity (Wildman–Crippen MR) is 77.8 cm³/mol. The summed E-state index contributed by atoms with van der Waals surface area (Å²) in [5.41, 5.74) is 5.98. The van der Waals surface area contributed by atoms with Gasteiger partial charge in [-0.1, -0.05) is 6.92 Å². The van der Waals surface area contributed by atoms with Gasteiger partial charge in [-0.3, -0.25) is 9.69 Å². The Hall–Kier alpha value is -0.610. The third-order valence-electron chi connectivity index (χ3n) is 5.00. The van der Waals surface area contributed by atoms with E-state index in [1.165, 1.54) is 12.8 Å². The highest BCUT2D eigenvalue weighted by Crippen LogP contribution is 2.36. The van der Waals surface area contributed by atoms with E-state index in [1.807, 2.05) is 6.92 Å². The maximum absolute atomic E-state index is 12.4. The molecule has 0 radical (unpaired) electrons. The Morgan fingerprint density at radius 1 is 1.37 bits per heavy atom. The van der Waals surface area contributed by atoms with Gasteiger partial charge in [-0.05, 0) is 52.9 Å². The zero-order chi connectivity index (χ0) is 14.2. The van der Waals surface area contributed by atoms with Crippen LogP contribution in [0.15, 0.2) is 0 Å². The number of nitrogens with one attached hydrogen (secondary N) is 1. The third-order valence-corrected chi connectivity index (χ3v) is 5.00. The molecule has 0 aromatic heterocycles. The lowest BCUT2D eigenvalue weighted by atomic mass is 9.95. The first-order chi connectivity index (χ1) is 8.84. The van der Waals surface area contributed by atoms with Gasteiger partial charge in [-0.2, -0.15) is 0 Å². The van der Waals surface area contributed by atoms with Gasteiger partial charge in [0.05, 0.1) is 6.04 Å². The van der Waals surface area contributed by atoms with Crippen LogP contribution in [0.2, 0.25) is 0 Å². The summed E-state index contributed by atoms with van der Waals surface area (Å²) < 4.78 is 0. The van der Waals surface area contributed by atoms with Crippen molar-refractivity contribution in [1.29, 1.82) is 0 Å². The number of fused-ring (bicyclic) bond motifs is 2. The summed E-state index contributed by atoms with van der Waals surface area (Å²) in [6.07, 6.45) is 5.44. The molecular weight excluding hydrogens is 238 g/mol. The lowest BCUT2D eigenvalue weighted by Gasteiger charge is -2.41. The molecule has 4 nitrogen and oxygen atoms in total. The molecule has 1 amide bonds. The van der Waals surface area contributed by atoms with Crippen molar-refractivity contribution in [1.82, 2.24) is 10.2 Å². The number of piperidine rings is 1. The molecule has 110 valence electrons. The van der Waals surface area contributed by atoms with Crippen LogP contribution < -0.4 is 11.1 Å². The van der Waals surface area contributed by atoms with Crippen LogP contribution in [0.1, 0.15) is 59.8 Å². The van der Waals surface area contributed by atoms with Gasteiger partial charge in [-0.25, -0.2) is 0 Å². The topological polar surface area (TPSA) is 58.4 Å². The normalized spacial score (nSPS) is 33.2. The fourth-order valence-corrected chi connectivity index (χ4v) is 3.55. The zero-order valence-corrected chi connectivity index (χ0v) is 12.8. The quantitative estimate of drug-likeness (QED) is 0.814. The average Bonchev–Trinajstić information content (AvgIpc) is 2.60. The molecule has 19 heavy (non-hydrogen) atoms. The SMILES string of the molecule is CCC(C)(C)NC(=O)C(C)N1C2CCC1CC(N)C2. The number of nitrogens with zero attached hydrogens (tertiary/aromatic N) is 1. The Morgan fingerprint density at radius 2 is 1.89 bits per heavy atom. The molecule has 0 aliphatic carbocycles. The molecule has 3 atom stereocenters. The fraction of sp³-hybridized carbons (Fsp3) is 0.933. The van der Waals surface area contributed by atoms with Crippen LogP contribution in [0.25, 0.3) is 0 Å². The molecule has 2 rings (SSSR count). The van der Waals surface area contributed by atoms with Gasteiger partial charge in [0, 0.05) is 23.7 Å². The van der Waals surface area contributed by atoms with Crippen molar-refractivity contribution in [2.45, 2.75) is 89.5 Å². The van der Waals surface area contributed by atoms with E-state index in [9.17, 15) is 4.79 Å². The number of nitrogens with two attached hydrogens (primary N) is 1. The minimum absolute atomic E-state index is 0.0316. The highest BCUT2D eigenvalue weighted by atomic mass is 16.2. The molecule has 2 heterocycles. The van der Waals surface area contributed by atoms with Crippen LogP contribution >= 0.6 is 0 Å². The number of hydrogen-bond donors (Lipinski definition) is 2. The van der Waals surface area contributed by atoms with Gasteiger partial charge in [0.15, 0.2) is 0 Å².